The fraction of sp³-hybridized carbons (Fsp3) is 1.00. The Morgan fingerprint density at radius 2 is 1.38 bits per heavy atom. The Morgan fingerprint density at radius 3 is 1.81 bits per heavy atom. The van der Waals surface area contributed by atoms with Crippen LogP contribution in [0.4, 0.5) is 0 Å². The molecule has 4 nitrogen and oxygen atoms in total. The van der Waals surface area contributed by atoms with Gasteiger partial charge in [-0.1, -0.05) is 6.92 Å². The maximum Gasteiger partial charge on any atom is 0.0518 e. The van der Waals surface area contributed by atoms with Crippen molar-refractivity contribution >= 4 is 0 Å². The zero-order valence-corrected chi connectivity index (χ0v) is 15.2. The van der Waals surface area contributed by atoms with Gasteiger partial charge in [-0.2, -0.15) is 0 Å². The quantitative estimate of drug-likeness (QED) is 0.644. The van der Waals surface area contributed by atoms with Crippen LogP contribution in [-0.2, 0) is 9.47 Å². The standard InChI is InChI=1S/C11H24N2O.C6H14O/c1-11(2)14-10-4-5-13-8-6-12(3)7-9-13;1-4-5-7-6(2)3/h11H,4-10H2,1-3H3;6H,4-5H2,1-3H3. The first-order valence-electron chi connectivity index (χ1n) is 8.59. The summed E-state index contributed by atoms with van der Waals surface area (Å²) in [4.78, 5) is 4.92. The molecule has 1 saturated heterocycles. The van der Waals surface area contributed by atoms with E-state index in [0.29, 0.717) is 12.2 Å². The lowest BCUT2D eigenvalue weighted by atomic mass is 10.3. The molecule has 128 valence electrons. The first-order chi connectivity index (χ1) is 9.95. The van der Waals surface area contributed by atoms with E-state index in [0.717, 1.165) is 19.6 Å². The van der Waals surface area contributed by atoms with E-state index in [1.54, 1.807) is 0 Å². The first kappa shape index (κ1) is 20.8. The summed E-state index contributed by atoms with van der Waals surface area (Å²) in [7, 11) is 2.19. The van der Waals surface area contributed by atoms with Crippen LogP contribution in [0.3, 0.4) is 0 Å². The van der Waals surface area contributed by atoms with Gasteiger partial charge in [-0.3, -0.25) is 0 Å². The van der Waals surface area contributed by atoms with E-state index in [-0.39, 0.29) is 0 Å². The Hall–Kier alpha value is -0.160. The van der Waals surface area contributed by atoms with Gasteiger partial charge < -0.3 is 19.3 Å². The number of ether oxygens (including phenoxy) is 2. The van der Waals surface area contributed by atoms with Crippen LogP contribution in [0.25, 0.3) is 0 Å². The van der Waals surface area contributed by atoms with Crippen molar-refractivity contribution in [1.82, 2.24) is 9.80 Å². The van der Waals surface area contributed by atoms with Gasteiger partial charge in [-0.15, -0.1) is 0 Å². The van der Waals surface area contributed by atoms with Crippen molar-refractivity contribution in [3.05, 3.63) is 0 Å². The third-order valence-corrected chi connectivity index (χ3v) is 3.32. The fourth-order valence-corrected chi connectivity index (χ4v) is 2.03. The van der Waals surface area contributed by atoms with E-state index in [1.807, 2.05) is 0 Å². The normalized spacial score (nSPS) is 17.1. The zero-order valence-electron chi connectivity index (χ0n) is 15.2. The summed E-state index contributed by atoms with van der Waals surface area (Å²) in [6.07, 6.45) is 3.07. The third kappa shape index (κ3) is 14.5. The molecule has 0 N–H and O–H groups in total. The van der Waals surface area contributed by atoms with Crippen molar-refractivity contribution in [2.75, 3.05) is 53.0 Å². The number of nitrogens with zero attached hydrogens (tertiary/aromatic N) is 2. The summed E-state index contributed by atoms with van der Waals surface area (Å²) < 4.78 is 10.7. The number of likely N-dealkylation sites (N-methyl/N-ethyl adjacent to an activating group) is 1. The molecule has 0 amide bonds. The molecule has 0 aromatic rings. The predicted octanol–water partition coefficient (Wildman–Crippen LogP) is 2.87. The van der Waals surface area contributed by atoms with Crippen LogP contribution < -0.4 is 0 Å². The second-order valence-electron chi connectivity index (χ2n) is 6.34. The van der Waals surface area contributed by atoms with Gasteiger partial charge in [0.25, 0.3) is 0 Å². The summed E-state index contributed by atoms with van der Waals surface area (Å²) in [6.45, 7) is 18.3. The maximum absolute atomic E-state index is 5.52. The highest BCUT2D eigenvalue weighted by Gasteiger charge is 2.12. The largest absolute Gasteiger partial charge is 0.379 e. The lowest BCUT2D eigenvalue weighted by Gasteiger charge is -2.32. The average molecular weight is 303 g/mol. The SMILES string of the molecule is CC(C)OCCCN1CCN(C)CC1.CCCOC(C)C. The monoisotopic (exact) mass is 302 g/mol. The molecule has 0 radical (unpaired) electrons. The van der Waals surface area contributed by atoms with Crippen molar-refractivity contribution in [2.24, 2.45) is 0 Å². The van der Waals surface area contributed by atoms with E-state index in [1.165, 1.54) is 39.1 Å². The van der Waals surface area contributed by atoms with Gasteiger partial charge in [0, 0.05) is 45.9 Å². The predicted molar refractivity (Wildman–Crippen MR) is 91.0 cm³/mol. The highest BCUT2D eigenvalue weighted by Crippen LogP contribution is 2.00. The molecule has 0 aliphatic carbocycles. The van der Waals surface area contributed by atoms with E-state index >= 15 is 0 Å². The Morgan fingerprint density at radius 1 is 0.857 bits per heavy atom. The van der Waals surface area contributed by atoms with Crippen LogP contribution in [-0.4, -0.2) is 75.0 Å². The highest BCUT2D eigenvalue weighted by atomic mass is 16.5. The van der Waals surface area contributed by atoms with Crippen molar-refractivity contribution in [2.45, 2.75) is 59.7 Å². The molecule has 4 heteroatoms. The number of hydrogen-bond acceptors (Lipinski definition) is 4. The number of hydrogen-bond donors (Lipinski definition) is 0. The molecule has 0 bridgehead atoms. The summed E-state index contributed by atoms with van der Waals surface area (Å²) in [5, 5.41) is 0. The fourth-order valence-electron chi connectivity index (χ4n) is 2.03. The van der Waals surface area contributed by atoms with Gasteiger partial charge in [0.15, 0.2) is 0 Å². The zero-order chi connectivity index (χ0) is 16.1. The molecule has 0 spiro atoms. The number of rotatable bonds is 8. The molecule has 0 unspecified atom stereocenters. The Bertz CT molecular complexity index is 215. The second kappa shape index (κ2) is 13.5. The van der Waals surface area contributed by atoms with Gasteiger partial charge in [0.2, 0.25) is 0 Å². The van der Waals surface area contributed by atoms with Crippen LogP contribution in [0.5, 0.6) is 0 Å². The van der Waals surface area contributed by atoms with Crippen molar-refractivity contribution in [3.8, 4) is 0 Å². The Labute approximate surface area is 132 Å². The third-order valence-electron chi connectivity index (χ3n) is 3.32. The van der Waals surface area contributed by atoms with Gasteiger partial charge in [0.05, 0.1) is 12.2 Å². The summed E-state index contributed by atoms with van der Waals surface area (Å²) >= 11 is 0. The van der Waals surface area contributed by atoms with Gasteiger partial charge in [-0.05, 0) is 47.6 Å². The molecular weight excluding hydrogens is 264 g/mol. The lowest BCUT2D eigenvalue weighted by molar-refractivity contribution is 0.0656. The van der Waals surface area contributed by atoms with Gasteiger partial charge in [0.1, 0.15) is 0 Å². The topological polar surface area (TPSA) is 24.9 Å². The molecule has 0 aromatic carbocycles. The minimum atomic E-state index is 0.377. The summed E-state index contributed by atoms with van der Waals surface area (Å²) in [5.74, 6) is 0. The van der Waals surface area contributed by atoms with Crippen LogP contribution in [0, 0.1) is 0 Å². The van der Waals surface area contributed by atoms with Crippen molar-refractivity contribution in [3.63, 3.8) is 0 Å². The molecule has 1 heterocycles. The van der Waals surface area contributed by atoms with Crippen LogP contribution in [0.2, 0.25) is 0 Å². The summed E-state index contributed by atoms with van der Waals surface area (Å²) in [5.41, 5.74) is 0. The van der Waals surface area contributed by atoms with Gasteiger partial charge in [-0.25, -0.2) is 0 Å². The molecular formula is C17H38N2O2. The average Bonchev–Trinajstić information content (AvgIpc) is 2.44. The molecule has 1 aliphatic heterocycles. The van der Waals surface area contributed by atoms with Crippen LogP contribution in [0.15, 0.2) is 0 Å². The molecule has 0 saturated carbocycles. The van der Waals surface area contributed by atoms with Gasteiger partial charge >= 0.3 is 0 Å². The van der Waals surface area contributed by atoms with Crippen LogP contribution in [0.1, 0.15) is 47.5 Å². The lowest BCUT2D eigenvalue weighted by Crippen LogP contribution is -2.44. The number of piperazine rings is 1. The molecule has 1 rings (SSSR count). The minimum absolute atomic E-state index is 0.377. The smallest absolute Gasteiger partial charge is 0.0518 e. The second-order valence-corrected chi connectivity index (χ2v) is 6.34. The molecule has 21 heavy (non-hydrogen) atoms. The molecule has 0 aromatic heterocycles. The van der Waals surface area contributed by atoms with E-state index in [4.69, 9.17) is 9.47 Å². The van der Waals surface area contributed by atoms with E-state index < -0.39 is 0 Å². The highest BCUT2D eigenvalue weighted by molar-refractivity contribution is 4.68. The van der Waals surface area contributed by atoms with E-state index in [9.17, 15) is 0 Å². The summed E-state index contributed by atoms with van der Waals surface area (Å²) in [6, 6.07) is 0. The molecule has 1 aliphatic rings. The maximum atomic E-state index is 5.52. The van der Waals surface area contributed by atoms with Crippen molar-refractivity contribution < 1.29 is 9.47 Å². The van der Waals surface area contributed by atoms with Crippen LogP contribution >= 0.6 is 0 Å². The Kier molecular flexibility index (Phi) is 13.4. The minimum Gasteiger partial charge on any atom is -0.379 e. The van der Waals surface area contributed by atoms with E-state index in [2.05, 4.69) is 51.5 Å². The molecule has 1 fully saturated rings. The van der Waals surface area contributed by atoms with Crippen molar-refractivity contribution in [1.29, 1.82) is 0 Å². The molecule has 0 atom stereocenters. The first-order valence-corrected chi connectivity index (χ1v) is 8.59. The Balaban J connectivity index is 0.000000486.